The van der Waals surface area contributed by atoms with Gasteiger partial charge in [0, 0.05) is 20.9 Å². The third kappa shape index (κ3) is 3.85. The number of hydrogen-bond acceptors (Lipinski definition) is 3. The quantitative estimate of drug-likeness (QED) is 0.761. The van der Waals surface area contributed by atoms with Gasteiger partial charge in [0.2, 0.25) is 0 Å². The molecule has 0 atom stereocenters. The van der Waals surface area contributed by atoms with E-state index in [0.29, 0.717) is 0 Å². The largest absolute Gasteiger partial charge is 0.370 e. The van der Waals surface area contributed by atoms with Crippen LogP contribution in [0.4, 0.5) is 0 Å². The molecule has 0 amide bonds. The van der Waals surface area contributed by atoms with Crippen LogP contribution in [0.2, 0.25) is 0 Å². The fourth-order valence-corrected chi connectivity index (χ4v) is 4.51. The van der Waals surface area contributed by atoms with Gasteiger partial charge in [-0.2, -0.15) is 0 Å². The van der Waals surface area contributed by atoms with Crippen LogP contribution in [0.5, 0.6) is 0 Å². The summed E-state index contributed by atoms with van der Waals surface area (Å²) in [4.78, 5) is 6.41. The van der Waals surface area contributed by atoms with Gasteiger partial charge < -0.3 is 19.3 Å². The summed E-state index contributed by atoms with van der Waals surface area (Å²) < 4.78 is 11.0. The Morgan fingerprint density at radius 2 is 1.14 bits per heavy atom. The van der Waals surface area contributed by atoms with E-state index in [4.69, 9.17) is 9.47 Å². The van der Waals surface area contributed by atoms with Crippen LogP contribution in [0.15, 0.2) is 0 Å². The summed E-state index contributed by atoms with van der Waals surface area (Å²) in [5, 5.41) is 0. The van der Waals surface area contributed by atoms with Crippen LogP contribution >= 0.6 is 11.3 Å². The van der Waals surface area contributed by atoms with Gasteiger partial charge in [-0.25, -0.2) is 0 Å². The van der Waals surface area contributed by atoms with Crippen molar-refractivity contribution in [3.05, 3.63) is 20.9 Å². The van der Waals surface area contributed by atoms with Crippen molar-refractivity contribution in [3.8, 4) is 0 Å². The molecule has 2 N–H and O–H groups in total. The molecule has 4 nitrogen and oxygen atoms in total. The van der Waals surface area contributed by atoms with E-state index in [0.717, 1.165) is 52.6 Å². The lowest BCUT2D eigenvalue weighted by atomic mass is 10.1. The number of aryl methyl sites for hydroxylation is 2. The Balaban J connectivity index is 1.72. The number of hydrogen-bond donors (Lipinski definition) is 2. The van der Waals surface area contributed by atoms with Crippen molar-refractivity contribution in [2.45, 2.75) is 26.9 Å². The van der Waals surface area contributed by atoms with Crippen molar-refractivity contribution in [3.63, 3.8) is 0 Å². The smallest absolute Gasteiger partial charge is 0.105 e. The Bertz CT molecular complexity index is 423. The summed E-state index contributed by atoms with van der Waals surface area (Å²) in [5.74, 6) is 0. The highest BCUT2D eigenvalue weighted by molar-refractivity contribution is 7.12. The van der Waals surface area contributed by atoms with E-state index in [1.165, 1.54) is 22.8 Å². The highest BCUT2D eigenvalue weighted by atomic mass is 32.1. The van der Waals surface area contributed by atoms with Crippen molar-refractivity contribution >= 4 is 11.3 Å². The van der Waals surface area contributed by atoms with E-state index >= 15 is 0 Å². The Hall–Kier alpha value is -0.460. The number of morpholine rings is 2. The van der Waals surface area contributed by atoms with E-state index < -0.39 is 0 Å². The van der Waals surface area contributed by atoms with Gasteiger partial charge in [-0.1, -0.05) is 0 Å². The molecule has 1 aromatic heterocycles. The maximum absolute atomic E-state index is 5.49. The van der Waals surface area contributed by atoms with Crippen LogP contribution < -0.4 is 9.80 Å². The second kappa shape index (κ2) is 7.20. The normalized spacial score (nSPS) is 21.8. The third-order valence-electron chi connectivity index (χ3n) is 4.77. The fraction of sp³-hybridized carbons (Fsp3) is 0.750. The minimum absolute atomic E-state index is 0.918. The van der Waals surface area contributed by atoms with Crippen molar-refractivity contribution in [1.82, 2.24) is 0 Å². The Morgan fingerprint density at radius 3 is 1.52 bits per heavy atom. The summed E-state index contributed by atoms with van der Waals surface area (Å²) in [6.07, 6.45) is 0. The molecule has 3 rings (SSSR count). The lowest BCUT2D eigenvalue weighted by Gasteiger charge is -2.26. The molecule has 0 radical (unpaired) electrons. The molecule has 5 heteroatoms. The lowest BCUT2D eigenvalue weighted by Crippen LogP contribution is -3.13. The molecule has 2 saturated heterocycles. The molecule has 118 valence electrons. The molecular formula is C16H28N2O2S+2. The average Bonchev–Trinajstić information content (AvgIpc) is 2.76. The summed E-state index contributed by atoms with van der Waals surface area (Å²) in [7, 11) is 0. The van der Waals surface area contributed by atoms with E-state index in [9.17, 15) is 0 Å². The SMILES string of the molecule is Cc1sc(C)c(C[NH+]2CCOCC2)c1C[NH+]1CCOCC1. The summed E-state index contributed by atoms with van der Waals surface area (Å²) >= 11 is 1.98. The highest BCUT2D eigenvalue weighted by Gasteiger charge is 2.24. The number of rotatable bonds is 4. The Kier molecular flexibility index (Phi) is 5.29. The van der Waals surface area contributed by atoms with E-state index in [-0.39, 0.29) is 0 Å². The van der Waals surface area contributed by atoms with Crippen LogP contribution in [0, 0.1) is 13.8 Å². The number of thiophene rings is 1. The molecule has 2 fully saturated rings. The molecule has 0 aromatic carbocycles. The number of ether oxygens (including phenoxy) is 2. The van der Waals surface area contributed by atoms with E-state index in [1.54, 1.807) is 20.9 Å². The first-order chi connectivity index (χ1) is 10.2. The van der Waals surface area contributed by atoms with Gasteiger partial charge in [0.1, 0.15) is 39.3 Å². The first kappa shape index (κ1) is 15.4. The molecule has 1 aromatic rings. The zero-order valence-corrected chi connectivity index (χ0v) is 14.1. The van der Waals surface area contributed by atoms with Gasteiger partial charge >= 0.3 is 0 Å². The molecule has 0 aliphatic carbocycles. The minimum atomic E-state index is 0.918. The van der Waals surface area contributed by atoms with Gasteiger partial charge in [0.15, 0.2) is 0 Å². The first-order valence-electron chi connectivity index (χ1n) is 8.14. The zero-order valence-electron chi connectivity index (χ0n) is 13.3. The molecular weight excluding hydrogens is 284 g/mol. The van der Waals surface area contributed by atoms with Crippen molar-refractivity contribution in [2.24, 2.45) is 0 Å². The topological polar surface area (TPSA) is 27.3 Å². The van der Waals surface area contributed by atoms with Crippen LogP contribution in [0.1, 0.15) is 20.9 Å². The maximum Gasteiger partial charge on any atom is 0.105 e. The van der Waals surface area contributed by atoms with Gasteiger partial charge in [-0.15, -0.1) is 11.3 Å². The second-order valence-corrected chi connectivity index (χ2v) is 7.68. The second-order valence-electron chi connectivity index (χ2n) is 6.25. The molecule has 2 aliphatic heterocycles. The monoisotopic (exact) mass is 312 g/mol. The van der Waals surface area contributed by atoms with E-state index in [1.807, 2.05) is 11.3 Å². The predicted octanol–water partition coefficient (Wildman–Crippen LogP) is -0.805. The van der Waals surface area contributed by atoms with Gasteiger partial charge in [0.25, 0.3) is 0 Å². The van der Waals surface area contributed by atoms with Crippen LogP contribution in [0.3, 0.4) is 0 Å². The van der Waals surface area contributed by atoms with Gasteiger partial charge in [0.05, 0.1) is 26.4 Å². The minimum Gasteiger partial charge on any atom is -0.370 e. The van der Waals surface area contributed by atoms with Gasteiger partial charge in [-0.3, -0.25) is 0 Å². The summed E-state index contributed by atoms with van der Waals surface area (Å²) in [6.45, 7) is 15.2. The molecule has 3 heterocycles. The molecule has 2 aliphatic rings. The molecule has 0 spiro atoms. The predicted molar refractivity (Wildman–Crippen MR) is 84.2 cm³/mol. The van der Waals surface area contributed by atoms with Crippen molar-refractivity contribution in [1.29, 1.82) is 0 Å². The Morgan fingerprint density at radius 1 is 0.762 bits per heavy atom. The summed E-state index contributed by atoms with van der Waals surface area (Å²) in [5.41, 5.74) is 3.24. The maximum atomic E-state index is 5.49. The number of nitrogens with one attached hydrogen (secondary N) is 2. The standard InChI is InChI=1S/C16H26N2O2S/c1-13-15(11-17-3-7-19-8-4-17)16(14(2)21-13)12-18-5-9-20-10-6-18/h3-12H2,1-2H3/p+2. The van der Waals surface area contributed by atoms with Crippen molar-refractivity contribution in [2.75, 3.05) is 52.6 Å². The zero-order chi connectivity index (χ0) is 14.7. The highest BCUT2D eigenvalue weighted by Crippen LogP contribution is 2.26. The van der Waals surface area contributed by atoms with E-state index in [2.05, 4.69) is 13.8 Å². The van der Waals surface area contributed by atoms with Crippen molar-refractivity contribution < 1.29 is 19.3 Å². The summed E-state index contributed by atoms with van der Waals surface area (Å²) in [6, 6.07) is 0. The molecule has 0 saturated carbocycles. The van der Waals surface area contributed by atoms with Gasteiger partial charge in [-0.05, 0) is 13.8 Å². The fourth-order valence-electron chi connectivity index (χ4n) is 3.41. The van der Waals surface area contributed by atoms with Crippen LogP contribution in [0.25, 0.3) is 0 Å². The first-order valence-corrected chi connectivity index (χ1v) is 8.96. The number of quaternary nitrogens is 2. The average molecular weight is 312 g/mol. The van der Waals surface area contributed by atoms with Crippen LogP contribution in [-0.2, 0) is 22.6 Å². The lowest BCUT2D eigenvalue weighted by molar-refractivity contribution is -0.925. The Labute approximate surface area is 131 Å². The molecule has 0 unspecified atom stereocenters. The van der Waals surface area contributed by atoms with Crippen LogP contribution in [-0.4, -0.2) is 52.6 Å². The molecule has 21 heavy (non-hydrogen) atoms. The molecule has 0 bridgehead atoms. The third-order valence-corrected chi connectivity index (χ3v) is 5.88.